The molecule has 0 saturated carbocycles. The van der Waals surface area contributed by atoms with Crippen molar-refractivity contribution >= 4 is 33.5 Å². The maximum atomic E-state index is 8.56. The van der Waals surface area contributed by atoms with Gasteiger partial charge in [0.05, 0.1) is 0 Å². The first kappa shape index (κ1) is 12.4. The summed E-state index contributed by atoms with van der Waals surface area (Å²) in [6, 6.07) is 5.77. The van der Waals surface area contributed by atoms with E-state index in [1.54, 1.807) is 11.8 Å². The van der Waals surface area contributed by atoms with E-state index in [1.165, 1.54) is 0 Å². The molecule has 1 aromatic carbocycles. The zero-order chi connectivity index (χ0) is 11.4. The minimum Gasteiger partial charge on any atom is -0.409 e. The van der Waals surface area contributed by atoms with Gasteiger partial charge in [0.1, 0.15) is 0 Å². The molecule has 0 saturated heterocycles. The fourth-order valence-corrected chi connectivity index (χ4v) is 2.71. The summed E-state index contributed by atoms with van der Waals surface area (Å²) in [5.41, 5.74) is 6.21. The van der Waals surface area contributed by atoms with Crippen molar-refractivity contribution in [3.63, 3.8) is 0 Å². The van der Waals surface area contributed by atoms with E-state index >= 15 is 0 Å². The smallest absolute Gasteiger partial charge is 0.171 e. The number of nitrogens with two attached hydrogens (primary N) is 1. The van der Waals surface area contributed by atoms with Crippen LogP contribution in [0.5, 0.6) is 0 Å². The van der Waals surface area contributed by atoms with Gasteiger partial charge in [-0.15, -0.1) is 11.8 Å². The third-order valence-corrected chi connectivity index (χ3v) is 3.35. The Labute approximate surface area is 102 Å². The summed E-state index contributed by atoms with van der Waals surface area (Å²) in [6.45, 7) is 4.27. The van der Waals surface area contributed by atoms with Crippen molar-refractivity contribution in [2.24, 2.45) is 10.9 Å². The van der Waals surface area contributed by atoms with Gasteiger partial charge in [-0.2, -0.15) is 0 Å². The van der Waals surface area contributed by atoms with Gasteiger partial charge in [-0.3, -0.25) is 0 Å². The third-order valence-electron chi connectivity index (χ3n) is 1.70. The van der Waals surface area contributed by atoms with Crippen molar-refractivity contribution in [2.75, 3.05) is 0 Å². The number of thioether (sulfide) groups is 1. The molecular weight excluding hydrogens is 276 g/mol. The molecule has 0 spiro atoms. The summed E-state index contributed by atoms with van der Waals surface area (Å²) < 4.78 is 0.837. The molecule has 0 fully saturated rings. The van der Waals surface area contributed by atoms with Gasteiger partial charge in [-0.1, -0.05) is 19.0 Å². The predicted octanol–water partition coefficient (Wildman–Crippen LogP) is 3.04. The van der Waals surface area contributed by atoms with Crippen LogP contribution in [-0.2, 0) is 0 Å². The minimum atomic E-state index is 0.114. The average molecular weight is 289 g/mol. The topological polar surface area (TPSA) is 58.6 Å². The van der Waals surface area contributed by atoms with Crippen LogP contribution < -0.4 is 5.73 Å². The van der Waals surface area contributed by atoms with Crippen LogP contribution in [0.2, 0.25) is 0 Å². The Bertz CT molecular complexity index is 380. The number of nitrogens with zero attached hydrogens (tertiary/aromatic N) is 1. The van der Waals surface area contributed by atoms with E-state index in [0.29, 0.717) is 10.8 Å². The Morgan fingerprint density at radius 1 is 1.53 bits per heavy atom. The Hall–Kier alpha value is -0.680. The normalized spacial score (nSPS) is 12.1. The second kappa shape index (κ2) is 5.42. The van der Waals surface area contributed by atoms with Crippen molar-refractivity contribution in [2.45, 2.75) is 24.0 Å². The Balaban J connectivity index is 2.98. The van der Waals surface area contributed by atoms with Gasteiger partial charge in [-0.25, -0.2) is 0 Å². The standard InChI is InChI=1S/C10H13BrN2OS/c1-6(2)15-7-3-4-8(9(11)5-7)10(12)13-14/h3-6,14H,1-2H3,(H2,12,13). The lowest BCUT2D eigenvalue weighted by Crippen LogP contribution is -2.13. The van der Waals surface area contributed by atoms with Crippen LogP contribution in [0.25, 0.3) is 0 Å². The average Bonchev–Trinajstić information content (AvgIpc) is 2.16. The molecule has 3 N–H and O–H groups in total. The van der Waals surface area contributed by atoms with Crippen molar-refractivity contribution in [3.05, 3.63) is 28.2 Å². The number of benzene rings is 1. The van der Waals surface area contributed by atoms with E-state index in [-0.39, 0.29) is 5.84 Å². The lowest BCUT2D eigenvalue weighted by molar-refractivity contribution is 0.318. The highest BCUT2D eigenvalue weighted by Crippen LogP contribution is 2.27. The van der Waals surface area contributed by atoms with Crippen LogP contribution in [0.15, 0.2) is 32.7 Å². The molecule has 0 heterocycles. The molecule has 0 aliphatic heterocycles. The summed E-state index contributed by atoms with van der Waals surface area (Å²) in [5, 5.41) is 12.1. The molecular formula is C10H13BrN2OS. The highest BCUT2D eigenvalue weighted by Gasteiger charge is 2.06. The fraction of sp³-hybridized carbons (Fsp3) is 0.300. The van der Waals surface area contributed by atoms with Gasteiger partial charge >= 0.3 is 0 Å². The summed E-state index contributed by atoms with van der Waals surface area (Å²) in [6.07, 6.45) is 0. The van der Waals surface area contributed by atoms with Crippen molar-refractivity contribution in [1.82, 2.24) is 0 Å². The minimum absolute atomic E-state index is 0.114. The van der Waals surface area contributed by atoms with E-state index in [9.17, 15) is 0 Å². The SMILES string of the molecule is CC(C)Sc1ccc(/C(N)=N/O)c(Br)c1. The zero-order valence-corrected chi connectivity index (χ0v) is 11.0. The van der Waals surface area contributed by atoms with Gasteiger partial charge in [0, 0.05) is 20.2 Å². The molecule has 0 radical (unpaired) electrons. The molecule has 0 aliphatic rings. The third kappa shape index (κ3) is 3.43. The van der Waals surface area contributed by atoms with Crippen LogP contribution in [0.1, 0.15) is 19.4 Å². The maximum absolute atomic E-state index is 8.56. The number of amidine groups is 1. The van der Waals surface area contributed by atoms with Gasteiger partial charge in [0.2, 0.25) is 0 Å². The van der Waals surface area contributed by atoms with Crippen molar-refractivity contribution < 1.29 is 5.21 Å². The molecule has 1 aromatic rings. The van der Waals surface area contributed by atoms with Gasteiger partial charge in [-0.05, 0) is 34.1 Å². The highest BCUT2D eigenvalue weighted by molar-refractivity contribution is 9.10. The fourth-order valence-electron chi connectivity index (χ4n) is 1.10. The van der Waals surface area contributed by atoms with Crippen LogP contribution in [0, 0.1) is 0 Å². The molecule has 0 aliphatic carbocycles. The van der Waals surface area contributed by atoms with Gasteiger partial charge < -0.3 is 10.9 Å². The van der Waals surface area contributed by atoms with Crippen LogP contribution >= 0.6 is 27.7 Å². The van der Waals surface area contributed by atoms with E-state index in [2.05, 4.69) is 34.9 Å². The first-order chi connectivity index (χ1) is 7.04. The van der Waals surface area contributed by atoms with E-state index in [1.807, 2.05) is 18.2 Å². The lowest BCUT2D eigenvalue weighted by atomic mass is 10.2. The zero-order valence-electron chi connectivity index (χ0n) is 8.57. The lowest BCUT2D eigenvalue weighted by Gasteiger charge is -2.07. The van der Waals surface area contributed by atoms with E-state index in [4.69, 9.17) is 10.9 Å². The summed E-state index contributed by atoms with van der Waals surface area (Å²) in [4.78, 5) is 1.16. The van der Waals surface area contributed by atoms with Crippen molar-refractivity contribution in [1.29, 1.82) is 0 Å². The first-order valence-electron chi connectivity index (χ1n) is 4.48. The number of oxime groups is 1. The molecule has 15 heavy (non-hydrogen) atoms. The first-order valence-corrected chi connectivity index (χ1v) is 6.16. The Morgan fingerprint density at radius 2 is 2.20 bits per heavy atom. The monoisotopic (exact) mass is 288 g/mol. The number of rotatable bonds is 3. The molecule has 0 atom stereocenters. The maximum Gasteiger partial charge on any atom is 0.171 e. The molecule has 0 aromatic heterocycles. The van der Waals surface area contributed by atoms with Crippen LogP contribution in [0.3, 0.4) is 0 Å². The Kier molecular flexibility index (Phi) is 4.47. The molecule has 1 rings (SSSR count). The predicted molar refractivity (Wildman–Crippen MR) is 67.6 cm³/mol. The molecule has 0 amide bonds. The summed E-state index contributed by atoms with van der Waals surface area (Å²) in [5.74, 6) is 0.114. The number of hydrogen-bond acceptors (Lipinski definition) is 3. The van der Waals surface area contributed by atoms with Crippen molar-refractivity contribution in [3.8, 4) is 0 Å². The van der Waals surface area contributed by atoms with Crippen LogP contribution in [-0.4, -0.2) is 16.3 Å². The van der Waals surface area contributed by atoms with E-state index < -0.39 is 0 Å². The molecule has 3 nitrogen and oxygen atoms in total. The largest absolute Gasteiger partial charge is 0.409 e. The van der Waals surface area contributed by atoms with Crippen LogP contribution in [0.4, 0.5) is 0 Å². The number of hydrogen-bond donors (Lipinski definition) is 2. The molecule has 0 unspecified atom stereocenters. The second-order valence-corrected chi connectivity index (χ2v) is 5.80. The molecule has 82 valence electrons. The number of halogens is 1. The quantitative estimate of drug-likeness (QED) is 0.295. The second-order valence-electron chi connectivity index (χ2n) is 3.29. The summed E-state index contributed by atoms with van der Waals surface area (Å²) in [7, 11) is 0. The van der Waals surface area contributed by atoms with Gasteiger partial charge in [0.25, 0.3) is 0 Å². The van der Waals surface area contributed by atoms with E-state index in [0.717, 1.165) is 9.37 Å². The molecule has 0 bridgehead atoms. The Morgan fingerprint density at radius 3 is 2.67 bits per heavy atom. The van der Waals surface area contributed by atoms with Gasteiger partial charge in [0.15, 0.2) is 5.84 Å². The summed E-state index contributed by atoms with van der Waals surface area (Å²) >= 11 is 5.16. The highest BCUT2D eigenvalue weighted by atomic mass is 79.9. The molecule has 5 heteroatoms.